The Labute approximate surface area is 150 Å². The number of rotatable bonds is 8. The summed E-state index contributed by atoms with van der Waals surface area (Å²) in [7, 11) is 6.10. The number of nitrogens with one attached hydrogen (secondary N) is 1. The van der Waals surface area contributed by atoms with Gasteiger partial charge in [0.1, 0.15) is 0 Å². The van der Waals surface area contributed by atoms with Crippen molar-refractivity contribution in [1.29, 1.82) is 0 Å². The van der Waals surface area contributed by atoms with Crippen LogP contribution in [0.15, 0.2) is 33.7 Å². The molecular formula is C18H31BrN4. The lowest BCUT2D eigenvalue weighted by Crippen LogP contribution is -2.39. The first-order chi connectivity index (χ1) is 10.9. The second-order valence-electron chi connectivity index (χ2n) is 6.24. The van der Waals surface area contributed by atoms with Gasteiger partial charge in [0.2, 0.25) is 0 Å². The summed E-state index contributed by atoms with van der Waals surface area (Å²) in [5.74, 6) is 0.949. The second kappa shape index (κ2) is 10.7. The maximum absolute atomic E-state index is 4.37. The van der Waals surface area contributed by atoms with Crippen LogP contribution in [0.5, 0.6) is 0 Å². The number of benzene rings is 1. The molecule has 0 atom stereocenters. The van der Waals surface area contributed by atoms with Crippen LogP contribution in [-0.2, 0) is 6.54 Å². The van der Waals surface area contributed by atoms with Gasteiger partial charge in [0.15, 0.2) is 5.96 Å². The first kappa shape index (κ1) is 20.0. The van der Waals surface area contributed by atoms with Gasteiger partial charge in [-0.15, -0.1) is 0 Å². The standard InChI is InChI=1S/C18H31BrN4/c1-15(2)22(4)13-7-6-12-21-18(20-3)23(5)14-16-8-10-17(19)11-9-16/h8-11,15H,6-7,12-14H2,1-5H3,(H,20,21). The van der Waals surface area contributed by atoms with Gasteiger partial charge in [-0.1, -0.05) is 28.1 Å². The highest BCUT2D eigenvalue weighted by atomic mass is 79.9. The van der Waals surface area contributed by atoms with Gasteiger partial charge in [-0.05, 0) is 58.0 Å². The van der Waals surface area contributed by atoms with Gasteiger partial charge in [-0.3, -0.25) is 4.99 Å². The Morgan fingerprint density at radius 3 is 2.39 bits per heavy atom. The Balaban J connectivity index is 2.31. The number of hydrogen-bond acceptors (Lipinski definition) is 2. The summed E-state index contributed by atoms with van der Waals surface area (Å²) in [4.78, 5) is 8.91. The van der Waals surface area contributed by atoms with Crippen LogP contribution in [0.2, 0.25) is 0 Å². The molecule has 23 heavy (non-hydrogen) atoms. The average molecular weight is 383 g/mol. The van der Waals surface area contributed by atoms with Crippen molar-refractivity contribution in [2.24, 2.45) is 4.99 Å². The van der Waals surface area contributed by atoms with Crippen LogP contribution in [0.25, 0.3) is 0 Å². The van der Waals surface area contributed by atoms with Crippen molar-refractivity contribution >= 4 is 21.9 Å². The minimum atomic E-state index is 0.618. The molecule has 0 amide bonds. The Kier molecular flexibility index (Phi) is 9.26. The highest BCUT2D eigenvalue weighted by Gasteiger charge is 2.07. The molecule has 130 valence electrons. The SMILES string of the molecule is CN=C(NCCCCN(C)C(C)C)N(C)Cc1ccc(Br)cc1. The van der Waals surface area contributed by atoms with E-state index in [0.717, 1.165) is 36.5 Å². The van der Waals surface area contributed by atoms with E-state index >= 15 is 0 Å². The molecule has 0 fully saturated rings. The fourth-order valence-electron chi connectivity index (χ4n) is 2.27. The number of aliphatic imine (C=N–C) groups is 1. The molecule has 0 heterocycles. The van der Waals surface area contributed by atoms with Gasteiger partial charge in [-0.25, -0.2) is 0 Å². The highest BCUT2D eigenvalue weighted by Crippen LogP contribution is 2.11. The molecule has 1 N–H and O–H groups in total. The maximum Gasteiger partial charge on any atom is 0.193 e. The largest absolute Gasteiger partial charge is 0.356 e. The minimum Gasteiger partial charge on any atom is -0.356 e. The molecule has 0 unspecified atom stereocenters. The number of nitrogens with zero attached hydrogens (tertiary/aromatic N) is 3. The molecule has 1 aromatic carbocycles. The Morgan fingerprint density at radius 1 is 1.17 bits per heavy atom. The molecule has 0 aliphatic carbocycles. The van der Waals surface area contributed by atoms with E-state index in [0.29, 0.717) is 6.04 Å². The zero-order chi connectivity index (χ0) is 17.2. The fraction of sp³-hybridized carbons (Fsp3) is 0.611. The topological polar surface area (TPSA) is 30.9 Å². The molecule has 0 saturated carbocycles. The van der Waals surface area contributed by atoms with E-state index in [1.165, 1.54) is 12.0 Å². The van der Waals surface area contributed by atoms with Crippen molar-refractivity contribution in [3.63, 3.8) is 0 Å². The lowest BCUT2D eigenvalue weighted by molar-refractivity contribution is 0.268. The molecule has 0 aliphatic heterocycles. The van der Waals surface area contributed by atoms with Crippen molar-refractivity contribution in [3.8, 4) is 0 Å². The summed E-state index contributed by atoms with van der Waals surface area (Å²) in [6.45, 7) is 7.42. The molecule has 0 saturated heterocycles. The summed E-state index contributed by atoms with van der Waals surface area (Å²) in [5.41, 5.74) is 1.28. The van der Waals surface area contributed by atoms with Gasteiger partial charge >= 0.3 is 0 Å². The third kappa shape index (κ3) is 7.84. The van der Waals surface area contributed by atoms with Crippen LogP contribution in [0.4, 0.5) is 0 Å². The van der Waals surface area contributed by atoms with E-state index in [1.807, 2.05) is 7.05 Å². The summed E-state index contributed by atoms with van der Waals surface area (Å²) in [6, 6.07) is 9.04. The summed E-state index contributed by atoms with van der Waals surface area (Å²) < 4.78 is 1.11. The summed E-state index contributed by atoms with van der Waals surface area (Å²) in [5, 5.41) is 3.45. The van der Waals surface area contributed by atoms with E-state index in [1.54, 1.807) is 0 Å². The van der Waals surface area contributed by atoms with Crippen LogP contribution < -0.4 is 5.32 Å². The van der Waals surface area contributed by atoms with Gasteiger partial charge in [0.05, 0.1) is 0 Å². The van der Waals surface area contributed by atoms with Crippen molar-refractivity contribution in [1.82, 2.24) is 15.1 Å². The number of guanidine groups is 1. The molecule has 1 rings (SSSR count). The first-order valence-corrected chi connectivity index (χ1v) is 9.09. The van der Waals surface area contributed by atoms with Crippen molar-refractivity contribution < 1.29 is 0 Å². The summed E-state index contributed by atoms with van der Waals surface area (Å²) >= 11 is 3.47. The van der Waals surface area contributed by atoms with Crippen molar-refractivity contribution in [3.05, 3.63) is 34.3 Å². The lowest BCUT2D eigenvalue weighted by atomic mass is 10.2. The first-order valence-electron chi connectivity index (χ1n) is 8.30. The van der Waals surface area contributed by atoms with Crippen molar-refractivity contribution in [2.75, 3.05) is 34.2 Å². The number of halogens is 1. The zero-order valence-electron chi connectivity index (χ0n) is 15.1. The molecule has 4 nitrogen and oxygen atoms in total. The van der Waals surface area contributed by atoms with E-state index in [-0.39, 0.29) is 0 Å². The molecule has 1 aromatic rings. The predicted octanol–water partition coefficient (Wildman–Crippen LogP) is 3.58. The molecule has 0 bridgehead atoms. The van der Waals surface area contributed by atoms with Crippen LogP contribution in [-0.4, -0.2) is 56.0 Å². The van der Waals surface area contributed by atoms with Crippen LogP contribution in [0.3, 0.4) is 0 Å². The smallest absolute Gasteiger partial charge is 0.193 e. The van der Waals surface area contributed by atoms with E-state index < -0.39 is 0 Å². The van der Waals surface area contributed by atoms with Gasteiger partial charge in [0.25, 0.3) is 0 Å². The quantitative estimate of drug-likeness (QED) is 0.423. The minimum absolute atomic E-state index is 0.618. The Hall–Kier alpha value is -1.07. The van der Waals surface area contributed by atoms with Gasteiger partial charge in [0, 0.05) is 37.7 Å². The van der Waals surface area contributed by atoms with E-state index in [9.17, 15) is 0 Å². The average Bonchev–Trinajstić information content (AvgIpc) is 2.52. The van der Waals surface area contributed by atoms with E-state index in [2.05, 4.69) is 88.2 Å². The zero-order valence-corrected chi connectivity index (χ0v) is 16.7. The maximum atomic E-state index is 4.37. The van der Waals surface area contributed by atoms with Gasteiger partial charge < -0.3 is 15.1 Å². The Bertz CT molecular complexity index is 470. The number of hydrogen-bond donors (Lipinski definition) is 1. The number of unbranched alkanes of at least 4 members (excludes halogenated alkanes) is 1. The van der Waals surface area contributed by atoms with Gasteiger partial charge in [-0.2, -0.15) is 0 Å². The van der Waals surface area contributed by atoms with Crippen molar-refractivity contribution in [2.45, 2.75) is 39.3 Å². The monoisotopic (exact) mass is 382 g/mol. The molecule has 0 aromatic heterocycles. The normalized spacial score (nSPS) is 12.1. The van der Waals surface area contributed by atoms with Crippen LogP contribution in [0, 0.1) is 0 Å². The van der Waals surface area contributed by atoms with Crippen LogP contribution >= 0.6 is 15.9 Å². The lowest BCUT2D eigenvalue weighted by Gasteiger charge is -2.23. The summed E-state index contributed by atoms with van der Waals surface area (Å²) in [6.07, 6.45) is 2.36. The molecule has 5 heteroatoms. The highest BCUT2D eigenvalue weighted by molar-refractivity contribution is 9.10. The molecule has 0 radical (unpaired) electrons. The van der Waals surface area contributed by atoms with E-state index in [4.69, 9.17) is 0 Å². The molecule has 0 spiro atoms. The fourth-order valence-corrected chi connectivity index (χ4v) is 2.53. The molecular weight excluding hydrogens is 352 g/mol. The second-order valence-corrected chi connectivity index (χ2v) is 7.15. The molecule has 0 aliphatic rings. The Morgan fingerprint density at radius 2 is 1.83 bits per heavy atom. The third-order valence-corrected chi connectivity index (χ3v) is 4.54. The van der Waals surface area contributed by atoms with Crippen LogP contribution in [0.1, 0.15) is 32.3 Å². The third-order valence-electron chi connectivity index (χ3n) is 4.01. The predicted molar refractivity (Wildman–Crippen MR) is 104 cm³/mol.